The predicted octanol–water partition coefficient (Wildman–Crippen LogP) is 5.69. The lowest BCUT2D eigenvalue weighted by atomic mass is 9.87. The van der Waals surface area contributed by atoms with Crippen molar-refractivity contribution in [1.82, 2.24) is 10.2 Å². The zero-order valence-corrected chi connectivity index (χ0v) is 21.3. The third kappa shape index (κ3) is 5.09. The van der Waals surface area contributed by atoms with Crippen LogP contribution in [-0.2, 0) is 13.0 Å². The predicted molar refractivity (Wildman–Crippen MR) is 141 cm³/mol. The van der Waals surface area contributed by atoms with E-state index in [9.17, 15) is 9.59 Å². The molecule has 0 saturated heterocycles. The number of aryl methyl sites for hydroxylation is 1. The van der Waals surface area contributed by atoms with Crippen LogP contribution in [0.3, 0.4) is 0 Å². The van der Waals surface area contributed by atoms with Gasteiger partial charge in [-0.1, -0.05) is 35.9 Å². The quantitative estimate of drug-likeness (QED) is 0.329. The SMILES string of the molecule is Cc1cccc(C2c3cc(OCc4ccc(C(=O)NCC5CC5)o4)ccc3CCN2C(=O)c2ccco2)c1. The molecule has 0 spiro atoms. The van der Waals surface area contributed by atoms with Crippen LogP contribution in [0, 0.1) is 12.8 Å². The van der Waals surface area contributed by atoms with Crippen LogP contribution in [0.4, 0.5) is 0 Å². The van der Waals surface area contributed by atoms with Crippen molar-refractivity contribution < 1.29 is 23.2 Å². The van der Waals surface area contributed by atoms with E-state index in [1.54, 1.807) is 24.3 Å². The monoisotopic (exact) mass is 510 g/mol. The van der Waals surface area contributed by atoms with Gasteiger partial charge in [-0.25, -0.2) is 0 Å². The second-order valence-corrected chi connectivity index (χ2v) is 10.1. The maximum absolute atomic E-state index is 13.4. The van der Waals surface area contributed by atoms with Crippen molar-refractivity contribution in [3.63, 3.8) is 0 Å². The van der Waals surface area contributed by atoms with E-state index in [4.69, 9.17) is 13.6 Å². The van der Waals surface area contributed by atoms with Gasteiger partial charge in [-0.15, -0.1) is 0 Å². The largest absolute Gasteiger partial charge is 0.486 e. The number of nitrogens with one attached hydrogen (secondary N) is 1. The molecule has 194 valence electrons. The fourth-order valence-corrected chi connectivity index (χ4v) is 5.02. The molecule has 1 N–H and O–H groups in total. The Balaban J connectivity index is 1.23. The van der Waals surface area contributed by atoms with Crippen LogP contribution in [0.15, 0.2) is 81.8 Å². The molecule has 0 bridgehead atoms. The Morgan fingerprint density at radius 3 is 2.71 bits per heavy atom. The molecule has 2 aromatic carbocycles. The number of fused-ring (bicyclic) bond motifs is 1. The summed E-state index contributed by atoms with van der Waals surface area (Å²) in [6, 6.07) is 20.9. The van der Waals surface area contributed by atoms with Crippen molar-refractivity contribution in [2.24, 2.45) is 5.92 Å². The number of carbonyl (C=O) groups excluding carboxylic acids is 2. The fourth-order valence-electron chi connectivity index (χ4n) is 5.02. The third-order valence-corrected chi connectivity index (χ3v) is 7.21. The molecule has 4 aromatic rings. The number of hydrogen-bond donors (Lipinski definition) is 1. The zero-order valence-electron chi connectivity index (χ0n) is 21.3. The van der Waals surface area contributed by atoms with E-state index >= 15 is 0 Å². The van der Waals surface area contributed by atoms with E-state index in [1.807, 2.05) is 23.1 Å². The number of nitrogens with zero attached hydrogens (tertiary/aromatic N) is 1. The average Bonchev–Trinajstić information content (AvgIpc) is 3.37. The first-order chi connectivity index (χ1) is 18.5. The van der Waals surface area contributed by atoms with Gasteiger partial charge in [0, 0.05) is 13.1 Å². The molecule has 1 saturated carbocycles. The van der Waals surface area contributed by atoms with Gasteiger partial charge in [0.1, 0.15) is 18.1 Å². The Morgan fingerprint density at radius 2 is 1.92 bits per heavy atom. The third-order valence-electron chi connectivity index (χ3n) is 7.21. The number of furan rings is 2. The van der Waals surface area contributed by atoms with Gasteiger partial charge < -0.3 is 23.8 Å². The van der Waals surface area contributed by atoms with Crippen LogP contribution >= 0.6 is 0 Å². The van der Waals surface area contributed by atoms with Gasteiger partial charge in [-0.05, 0) is 85.2 Å². The molecule has 1 fully saturated rings. The number of hydrogen-bond acceptors (Lipinski definition) is 5. The van der Waals surface area contributed by atoms with Crippen molar-refractivity contribution in [1.29, 1.82) is 0 Å². The first-order valence-electron chi connectivity index (χ1n) is 13.1. The Morgan fingerprint density at radius 1 is 1.03 bits per heavy atom. The highest BCUT2D eigenvalue weighted by Gasteiger charge is 2.34. The van der Waals surface area contributed by atoms with Crippen LogP contribution in [-0.4, -0.2) is 29.8 Å². The van der Waals surface area contributed by atoms with Crippen LogP contribution in [0.1, 0.15) is 68.0 Å². The lowest BCUT2D eigenvalue weighted by molar-refractivity contribution is 0.0661. The van der Waals surface area contributed by atoms with Crippen molar-refractivity contribution in [2.45, 2.75) is 38.8 Å². The first kappa shape index (κ1) is 24.1. The van der Waals surface area contributed by atoms with Gasteiger partial charge in [0.05, 0.1) is 12.3 Å². The topological polar surface area (TPSA) is 84.9 Å². The summed E-state index contributed by atoms with van der Waals surface area (Å²) in [6.45, 7) is 3.53. The Labute approximate surface area is 221 Å². The van der Waals surface area contributed by atoms with Gasteiger partial charge in [0.25, 0.3) is 11.8 Å². The molecule has 1 unspecified atom stereocenters. The van der Waals surface area contributed by atoms with Gasteiger partial charge in [-0.3, -0.25) is 9.59 Å². The number of ether oxygens (including phenoxy) is 1. The maximum atomic E-state index is 13.4. The van der Waals surface area contributed by atoms with Crippen LogP contribution in [0.2, 0.25) is 0 Å². The minimum Gasteiger partial charge on any atom is -0.486 e. The normalized spacial score (nSPS) is 16.7. The second-order valence-electron chi connectivity index (χ2n) is 10.1. The summed E-state index contributed by atoms with van der Waals surface area (Å²) in [7, 11) is 0. The van der Waals surface area contributed by atoms with Gasteiger partial charge >= 0.3 is 0 Å². The van der Waals surface area contributed by atoms with E-state index in [0.717, 1.165) is 23.1 Å². The van der Waals surface area contributed by atoms with Crippen LogP contribution in [0.5, 0.6) is 5.75 Å². The molecule has 7 heteroatoms. The Kier molecular flexibility index (Phi) is 6.50. The minimum absolute atomic E-state index is 0.137. The number of benzene rings is 2. The molecule has 1 aliphatic carbocycles. The molecule has 7 nitrogen and oxygen atoms in total. The summed E-state index contributed by atoms with van der Waals surface area (Å²) >= 11 is 0. The highest BCUT2D eigenvalue weighted by atomic mass is 16.5. The average molecular weight is 511 g/mol. The molecule has 1 aliphatic heterocycles. The highest BCUT2D eigenvalue weighted by molar-refractivity contribution is 5.92. The van der Waals surface area contributed by atoms with Gasteiger partial charge in [0.15, 0.2) is 11.5 Å². The number of amides is 2. The molecule has 2 aliphatic rings. The lowest BCUT2D eigenvalue weighted by Crippen LogP contribution is -2.40. The zero-order chi connectivity index (χ0) is 26.1. The van der Waals surface area contributed by atoms with E-state index in [2.05, 4.69) is 36.5 Å². The van der Waals surface area contributed by atoms with Crippen molar-refractivity contribution >= 4 is 11.8 Å². The summed E-state index contributed by atoms with van der Waals surface area (Å²) in [4.78, 5) is 27.6. The second kappa shape index (κ2) is 10.2. The van der Waals surface area contributed by atoms with E-state index < -0.39 is 0 Å². The smallest absolute Gasteiger partial charge is 0.290 e. The molecular formula is C31H30N2O5. The summed E-state index contributed by atoms with van der Waals surface area (Å²) in [6.07, 6.45) is 4.62. The Hall–Kier alpha value is -4.26. The molecule has 0 radical (unpaired) electrons. The molecule has 6 rings (SSSR count). The van der Waals surface area contributed by atoms with Gasteiger partial charge in [0.2, 0.25) is 0 Å². The molecule has 2 amide bonds. The van der Waals surface area contributed by atoms with E-state index in [-0.39, 0.29) is 24.5 Å². The highest BCUT2D eigenvalue weighted by Crippen LogP contribution is 2.38. The minimum atomic E-state index is -0.273. The van der Waals surface area contributed by atoms with Crippen molar-refractivity contribution in [3.05, 3.63) is 113 Å². The van der Waals surface area contributed by atoms with E-state index in [0.29, 0.717) is 42.0 Å². The molecule has 38 heavy (non-hydrogen) atoms. The maximum Gasteiger partial charge on any atom is 0.290 e. The number of carbonyl (C=O) groups is 2. The Bertz CT molecular complexity index is 1450. The van der Waals surface area contributed by atoms with Crippen LogP contribution in [0.25, 0.3) is 0 Å². The van der Waals surface area contributed by atoms with E-state index in [1.165, 1.54) is 24.7 Å². The van der Waals surface area contributed by atoms with Crippen molar-refractivity contribution in [2.75, 3.05) is 13.1 Å². The summed E-state index contributed by atoms with van der Waals surface area (Å²) in [5.41, 5.74) is 4.37. The summed E-state index contributed by atoms with van der Waals surface area (Å²) in [5, 5.41) is 2.92. The lowest BCUT2D eigenvalue weighted by Gasteiger charge is -2.37. The summed E-state index contributed by atoms with van der Waals surface area (Å²) < 4.78 is 17.3. The van der Waals surface area contributed by atoms with Crippen molar-refractivity contribution in [3.8, 4) is 5.75 Å². The number of rotatable bonds is 8. The van der Waals surface area contributed by atoms with Gasteiger partial charge in [-0.2, -0.15) is 0 Å². The summed E-state index contributed by atoms with van der Waals surface area (Å²) in [5.74, 6) is 2.14. The molecule has 3 heterocycles. The first-order valence-corrected chi connectivity index (χ1v) is 13.1. The molecule has 1 atom stereocenters. The van der Waals surface area contributed by atoms with Crippen LogP contribution < -0.4 is 10.1 Å². The molecular weight excluding hydrogens is 480 g/mol. The fraction of sp³-hybridized carbons (Fsp3) is 0.290. The molecule has 2 aromatic heterocycles. The standard InChI is InChI=1S/C31H30N2O5/c1-20-4-2-5-23(16-20)29-26-17-24(10-9-22(26)13-14-33(29)31(35)28-6-3-15-36-28)37-19-25-11-12-27(38-25)30(34)32-18-21-7-8-21/h2-6,9-12,15-17,21,29H,7-8,13-14,18-19H2,1H3,(H,32,34).